The lowest BCUT2D eigenvalue weighted by atomic mass is 9.68. The molecule has 2 aromatic carbocycles. The van der Waals surface area contributed by atoms with Crippen molar-refractivity contribution in [1.82, 2.24) is 5.32 Å². The molecule has 2 aliphatic rings. The molecule has 1 saturated heterocycles. The Bertz CT molecular complexity index is 766. The van der Waals surface area contributed by atoms with Crippen molar-refractivity contribution in [2.24, 2.45) is 4.99 Å². The summed E-state index contributed by atoms with van der Waals surface area (Å²) in [6, 6.07) is 17.5. The highest BCUT2D eigenvalue weighted by atomic mass is 35.5. The van der Waals surface area contributed by atoms with E-state index in [1.807, 2.05) is 24.5 Å². The van der Waals surface area contributed by atoms with Crippen molar-refractivity contribution in [1.29, 1.82) is 0 Å². The Morgan fingerprint density at radius 3 is 2.08 bits per heavy atom. The molecule has 0 unspecified atom stereocenters. The number of halogens is 1. The Labute approximate surface area is 148 Å². The van der Waals surface area contributed by atoms with Crippen LogP contribution in [0.3, 0.4) is 0 Å². The van der Waals surface area contributed by atoms with Gasteiger partial charge in [-0.3, -0.25) is 4.99 Å². The Morgan fingerprint density at radius 2 is 1.50 bits per heavy atom. The predicted molar refractivity (Wildman–Crippen MR) is 102 cm³/mol. The number of nitrogens with zero attached hydrogens (tertiary/aromatic N) is 1. The number of hydrogen-bond donors (Lipinski definition) is 1. The molecule has 2 nitrogen and oxygen atoms in total. The third kappa shape index (κ3) is 2.81. The van der Waals surface area contributed by atoms with Crippen LogP contribution in [0.4, 0.5) is 0 Å². The van der Waals surface area contributed by atoms with Crippen LogP contribution in [0.1, 0.15) is 36.0 Å². The zero-order chi connectivity index (χ0) is 16.4. The van der Waals surface area contributed by atoms with Crippen LogP contribution in [0.2, 0.25) is 5.02 Å². The first-order valence-corrected chi connectivity index (χ1v) is 8.94. The molecular weight excluding hydrogens is 316 g/mol. The summed E-state index contributed by atoms with van der Waals surface area (Å²) in [7, 11) is 0. The highest BCUT2D eigenvalue weighted by Gasteiger charge is 2.35. The van der Waals surface area contributed by atoms with Gasteiger partial charge in [-0.25, -0.2) is 0 Å². The predicted octanol–water partition coefficient (Wildman–Crippen LogP) is 4.82. The van der Waals surface area contributed by atoms with Crippen LogP contribution < -0.4 is 5.32 Å². The molecule has 0 spiro atoms. The van der Waals surface area contributed by atoms with Crippen LogP contribution in [0.5, 0.6) is 0 Å². The highest BCUT2D eigenvalue weighted by Crippen LogP contribution is 2.41. The van der Waals surface area contributed by atoms with Crippen molar-refractivity contribution < 1.29 is 0 Å². The summed E-state index contributed by atoms with van der Waals surface area (Å²) in [5.41, 5.74) is 5.41. The summed E-state index contributed by atoms with van der Waals surface area (Å²) in [6.45, 7) is 2.09. The molecule has 2 aromatic rings. The van der Waals surface area contributed by atoms with Gasteiger partial charge in [0, 0.05) is 29.3 Å². The molecule has 0 bridgehead atoms. The molecule has 1 N–H and O–H groups in total. The number of aliphatic imine (C=N–C) groups is 1. The Hall–Kier alpha value is -1.90. The number of rotatable bonds is 3. The van der Waals surface area contributed by atoms with Gasteiger partial charge in [0.25, 0.3) is 0 Å². The smallest absolute Gasteiger partial charge is 0.0406 e. The third-order valence-corrected chi connectivity index (χ3v) is 5.56. The van der Waals surface area contributed by atoms with E-state index in [1.54, 1.807) is 0 Å². The molecule has 3 heteroatoms. The molecule has 0 amide bonds. The van der Waals surface area contributed by atoms with Gasteiger partial charge < -0.3 is 5.32 Å². The van der Waals surface area contributed by atoms with Crippen molar-refractivity contribution >= 4 is 23.4 Å². The Balaban J connectivity index is 1.72. The van der Waals surface area contributed by atoms with E-state index in [1.165, 1.54) is 22.3 Å². The zero-order valence-electron chi connectivity index (χ0n) is 13.6. The topological polar surface area (TPSA) is 24.4 Å². The lowest BCUT2D eigenvalue weighted by molar-refractivity contribution is 0.362. The van der Waals surface area contributed by atoms with E-state index < -0.39 is 0 Å². The first-order chi connectivity index (χ1) is 11.8. The molecular formula is C21H21ClN2. The van der Waals surface area contributed by atoms with Gasteiger partial charge in [0.1, 0.15) is 0 Å². The van der Waals surface area contributed by atoms with Gasteiger partial charge in [-0.15, -0.1) is 0 Å². The normalized spacial score (nSPS) is 19.3. The fraction of sp³-hybridized carbons (Fsp3) is 0.286. The minimum atomic E-state index is 0.0783. The molecule has 0 aliphatic carbocycles. The van der Waals surface area contributed by atoms with Crippen molar-refractivity contribution in [3.8, 4) is 0 Å². The monoisotopic (exact) mass is 336 g/mol. The van der Waals surface area contributed by atoms with Gasteiger partial charge in [-0.2, -0.15) is 0 Å². The van der Waals surface area contributed by atoms with Crippen molar-refractivity contribution in [2.75, 3.05) is 13.1 Å². The quantitative estimate of drug-likeness (QED) is 0.853. The Morgan fingerprint density at radius 1 is 0.875 bits per heavy atom. The van der Waals surface area contributed by atoms with Gasteiger partial charge in [0.2, 0.25) is 0 Å². The summed E-state index contributed by atoms with van der Waals surface area (Å²) in [4.78, 5) is 4.22. The van der Waals surface area contributed by atoms with E-state index in [-0.39, 0.29) is 5.41 Å². The standard InChI is InChI=1S/C21H21ClN2/c22-20-7-5-19(6-8-20)21(10-13-23-14-11-21)18-3-1-16(2-4-18)17-9-12-24-15-17/h1-8,12,15,23H,9-11,13-14H2. The highest BCUT2D eigenvalue weighted by molar-refractivity contribution is 6.30. The maximum atomic E-state index is 6.11. The molecule has 0 saturated carbocycles. The lowest BCUT2D eigenvalue weighted by Crippen LogP contribution is -2.40. The average molecular weight is 337 g/mol. The molecule has 2 heterocycles. The first-order valence-electron chi connectivity index (χ1n) is 8.56. The fourth-order valence-corrected chi connectivity index (χ4v) is 4.03. The van der Waals surface area contributed by atoms with Crippen LogP contribution >= 0.6 is 11.6 Å². The van der Waals surface area contributed by atoms with Crippen LogP contribution in [0, 0.1) is 0 Å². The summed E-state index contributed by atoms with van der Waals surface area (Å²) in [6.07, 6.45) is 7.09. The molecule has 0 radical (unpaired) electrons. The molecule has 1 fully saturated rings. The van der Waals surface area contributed by atoms with E-state index in [9.17, 15) is 0 Å². The second kappa shape index (κ2) is 6.54. The first kappa shape index (κ1) is 15.6. The molecule has 24 heavy (non-hydrogen) atoms. The summed E-state index contributed by atoms with van der Waals surface area (Å²) >= 11 is 6.11. The summed E-state index contributed by atoms with van der Waals surface area (Å²) in [5, 5.41) is 4.29. The summed E-state index contributed by atoms with van der Waals surface area (Å²) < 4.78 is 0. The average Bonchev–Trinajstić information content (AvgIpc) is 3.18. The molecule has 0 atom stereocenters. The number of allylic oxidation sites excluding steroid dienone is 1. The van der Waals surface area contributed by atoms with Crippen molar-refractivity contribution in [3.63, 3.8) is 0 Å². The number of hydrogen-bond acceptors (Lipinski definition) is 2. The van der Waals surface area contributed by atoms with E-state index >= 15 is 0 Å². The van der Waals surface area contributed by atoms with Gasteiger partial charge in [-0.1, -0.05) is 48.0 Å². The maximum absolute atomic E-state index is 6.11. The van der Waals surface area contributed by atoms with E-state index in [0.29, 0.717) is 0 Å². The van der Waals surface area contributed by atoms with E-state index in [4.69, 9.17) is 11.6 Å². The number of piperidine rings is 1. The zero-order valence-corrected chi connectivity index (χ0v) is 14.4. The van der Waals surface area contributed by atoms with Crippen molar-refractivity contribution in [2.45, 2.75) is 24.7 Å². The number of nitrogens with one attached hydrogen (secondary N) is 1. The largest absolute Gasteiger partial charge is 0.317 e. The van der Waals surface area contributed by atoms with Crippen LogP contribution in [-0.2, 0) is 5.41 Å². The van der Waals surface area contributed by atoms with E-state index in [2.05, 4.69) is 46.7 Å². The third-order valence-electron chi connectivity index (χ3n) is 5.31. The second-order valence-corrected chi connectivity index (χ2v) is 7.04. The van der Waals surface area contributed by atoms with Crippen LogP contribution in [0.25, 0.3) is 5.57 Å². The van der Waals surface area contributed by atoms with Crippen LogP contribution in [-0.4, -0.2) is 19.3 Å². The SMILES string of the molecule is Clc1ccc(C2(c3ccc(C4=CN=CC4)cc3)CCNCC2)cc1. The Kier molecular flexibility index (Phi) is 4.26. The van der Waals surface area contributed by atoms with E-state index in [0.717, 1.165) is 37.4 Å². The molecule has 4 rings (SSSR count). The van der Waals surface area contributed by atoms with Gasteiger partial charge in [0.15, 0.2) is 0 Å². The minimum Gasteiger partial charge on any atom is -0.317 e. The maximum Gasteiger partial charge on any atom is 0.0406 e. The molecule has 122 valence electrons. The molecule has 2 aliphatic heterocycles. The number of benzene rings is 2. The fourth-order valence-electron chi connectivity index (χ4n) is 3.91. The minimum absolute atomic E-state index is 0.0783. The summed E-state index contributed by atoms with van der Waals surface area (Å²) in [5.74, 6) is 0. The van der Waals surface area contributed by atoms with Crippen LogP contribution in [0.15, 0.2) is 59.7 Å². The second-order valence-electron chi connectivity index (χ2n) is 6.61. The van der Waals surface area contributed by atoms with Crippen molar-refractivity contribution in [3.05, 3.63) is 76.4 Å². The van der Waals surface area contributed by atoms with Gasteiger partial charge >= 0.3 is 0 Å². The van der Waals surface area contributed by atoms with Gasteiger partial charge in [-0.05, 0) is 60.3 Å². The lowest BCUT2D eigenvalue weighted by Gasteiger charge is -2.39. The van der Waals surface area contributed by atoms with Gasteiger partial charge in [0.05, 0.1) is 0 Å². The molecule has 0 aromatic heterocycles.